The maximum atomic E-state index is 10.3. The van der Waals surface area contributed by atoms with Crippen LogP contribution < -0.4 is 5.73 Å². The van der Waals surface area contributed by atoms with Crippen LogP contribution in [0.1, 0.15) is 13.3 Å². The number of hydrogen-bond acceptors (Lipinski definition) is 3. The van der Waals surface area contributed by atoms with Crippen molar-refractivity contribution < 1.29 is 9.90 Å². The molecule has 0 aliphatic rings. The van der Waals surface area contributed by atoms with Gasteiger partial charge in [-0.15, -0.1) is 0 Å². The average Bonchev–Trinajstić information content (AvgIpc) is 1.99. The van der Waals surface area contributed by atoms with Crippen molar-refractivity contribution in [3.05, 3.63) is 0 Å². The van der Waals surface area contributed by atoms with Gasteiger partial charge in [-0.2, -0.15) is 0 Å². The van der Waals surface area contributed by atoms with Gasteiger partial charge in [-0.3, -0.25) is 4.79 Å². The molecule has 11 heavy (non-hydrogen) atoms. The van der Waals surface area contributed by atoms with Gasteiger partial charge in [0, 0.05) is 0 Å². The molecule has 0 spiro atoms. The van der Waals surface area contributed by atoms with Crippen molar-refractivity contribution in [1.29, 1.82) is 0 Å². The lowest BCUT2D eigenvalue weighted by Crippen LogP contribution is -2.34. The molecule has 4 nitrogen and oxygen atoms in total. The largest absolute Gasteiger partial charge is 0.480 e. The van der Waals surface area contributed by atoms with Gasteiger partial charge in [0.1, 0.15) is 6.04 Å². The zero-order valence-electron chi connectivity index (χ0n) is 7.08. The maximum Gasteiger partial charge on any atom is 0.320 e. The van der Waals surface area contributed by atoms with Crippen molar-refractivity contribution in [2.45, 2.75) is 19.4 Å². The standard InChI is InChI=1S/C7H16N2O2/c1-3-9(2)5-4-6(8)7(10)11/h6H,3-5,8H2,1-2H3,(H,10,11). The van der Waals surface area contributed by atoms with Gasteiger partial charge in [-0.1, -0.05) is 6.92 Å². The lowest BCUT2D eigenvalue weighted by molar-refractivity contribution is -0.138. The van der Waals surface area contributed by atoms with Crippen molar-refractivity contribution in [2.24, 2.45) is 5.73 Å². The highest BCUT2D eigenvalue weighted by Crippen LogP contribution is 1.91. The molecule has 0 aromatic heterocycles. The van der Waals surface area contributed by atoms with Crippen LogP contribution in [0.25, 0.3) is 0 Å². The predicted molar refractivity (Wildman–Crippen MR) is 43.4 cm³/mol. The summed E-state index contributed by atoms with van der Waals surface area (Å²) in [6, 6.07) is -0.719. The van der Waals surface area contributed by atoms with Crippen molar-refractivity contribution >= 4 is 5.97 Å². The first-order valence-corrected chi connectivity index (χ1v) is 3.74. The summed E-state index contributed by atoms with van der Waals surface area (Å²) >= 11 is 0. The molecule has 0 aromatic rings. The first-order valence-electron chi connectivity index (χ1n) is 3.74. The molecule has 0 heterocycles. The number of carboxylic acid groups (broad SMARTS) is 1. The molecule has 0 fully saturated rings. The molecule has 3 N–H and O–H groups in total. The molecule has 66 valence electrons. The average molecular weight is 160 g/mol. The molecule has 0 radical (unpaired) electrons. The first kappa shape index (κ1) is 10.4. The summed E-state index contributed by atoms with van der Waals surface area (Å²) in [7, 11) is 1.94. The number of hydrogen-bond donors (Lipinski definition) is 2. The van der Waals surface area contributed by atoms with Crippen molar-refractivity contribution in [3.8, 4) is 0 Å². The third-order valence-electron chi connectivity index (χ3n) is 1.68. The Bertz CT molecular complexity index is 128. The minimum absolute atomic E-state index is 0.514. The van der Waals surface area contributed by atoms with Gasteiger partial charge in [-0.25, -0.2) is 0 Å². The zero-order chi connectivity index (χ0) is 8.85. The van der Waals surface area contributed by atoms with Gasteiger partial charge in [0.15, 0.2) is 0 Å². The third-order valence-corrected chi connectivity index (χ3v) is 1.68. The van der Waals surface area contributed by atoms with Gasteiger partial charge in [0.05, 0.1) is 0 Å². The lowest BCUT2D eigenvalue weighted by atomic mass is 10.2. The van der Waals surface area contributed by atoms with Crippen LogP contribution in [0.15, 0.2) is 0 Å². The topological polar surface area (TPSA) is 66.6 Å². The minimum Gasteiger partial charge on any atom is -0.480 e. The van der Waals surface area contributed by atoms with Crippen LogP contribution in [0, 0.1) is 0 Å². The molecule has 0 aliphatic carbocycles. The Labute approximate surface area is 67.0 Å². The molecule has 0 rings (SSSR count). The molecule has 1 atom stereocenters. The minimum atomic E-state index is -0.922. The molecule has 0 saturated carbocycles. The molecular weight excluding hydrogens is 144 g/mol. The Morgan fingerprint density at radius 1 is 1.73 bits per heavy atom. The number of aliphatic carboxylic acids is 1. The monoisotopic (exact) mass is 160 g/mol. The third kappa shape index (κ3) is 4.75. The smallest absolute Gasteiger partial charge is 0.320 e. The Hall–Kier alpha value is -0.610. The van der Waals surface area contributed by atoms with Gasteiger partial charge in [0.2, 0.25) is 0 Å². The second kappa shape index (κ2) is 5.09. The highest BCUT2D eigenvalue weighted by Gasteiger charge is 2.10. The van der Waals surface area contributed by atoms with Crippen LogP contribution in [-0.2, 0) is 4.79 Å². The summed E-state index contributed by atoms with van der Waals surface area (Å²) in [6.45, 7) is 3.68. The normalized spacial score (nSPS) is 13.5. The fourth-order valence-electron chi connectivity index (χ4n) is 0.641. The van der Waals surface area contributed by atoms with E-state index in [1.165, 1.54) is 0 Å². The molecule has 0 saturated heterocycles. The Kier molecular flexibility index (Phi) is 4.81. The summed E-state index contributed by atoms with van der Waals surface area (Å²) in [5, 5.41) is 8.42. The van der Waals surface area contributed by atoms with E-state index in [0.717, 1.165) is 13.1 Å². The van der Waals surface area contributed by atoms with Crippen LogP contribution in [-0.4, -0.2) is 42.2 Å². The Morgan fingerprint density at radius 2 is 2.27 bits per heavy atom. The van der Waals surface area contributed by atoms with Crippen molar-refractivity contribution in [3.63, 3.8) is 0 Å². The summed E-state index contributed by atoms with van der Waals surface area (Å²) in [4.78, 5) is 12.3. The van der Waals surface area contributed by atoms with Gasteiger partial charge in [0.25, 0.3) is 0 Å². The molecule has 0 aliphatic heterocycles. The molecule has 4 heteroatoms. The highest BCUT2D eigenvalue weighted by atomic mass is 16.4. The number of rotatable bonds is 5. The van der Waals surface area contributed by atoms with E-state index in [9.17, 15) is 4.79 Å². The van der Waals surface area contributed by atoms with Crippen LogP contribution in [0.5, 0.6) is 0 Å². The fraction of sp³-hybridized carbons (Fsp3) is 0.857. The summed E-state index contributed by atoms with van der Waals surface area (Å²) in [5.74, 6) is -0.922. The number of nitrogens with two attached hydrogens (primary N) is 1. The second-order valence-electron chi connectivity index (χ2n) is 2.63. The van der Waals surface area contributed by atoms with Crippen LogP contribution in [0.2, 0.25) is 0 Å². The van der Waals surface area contributed by atoms with Crippen LogP contribution in [0.3, 0.4) is 0 Å². The van der Waals surface area contributed by atoms with Crippen LogP contribution in [0.4, 0.5) is 0 Å². The molecule has 1 unspecified atom stereocenters. The Balaban J connectivity index is 3.45. The number of carbonyl (C=O) groups is 1. The van der Waals surface area contributed by atoms with E-state index >= 15 is 0 Å². The summed E-state index contributed by atoms with van der Waals surface area (Å²) < 4.78 is 0. The summed E-state index contributed by atoms with van der Waals surface area (Å²) in [5.41, 5.74) is 5.29. The van der Waals surface area contributed by atoms with Crippen molar-refractivity contribution in [2.75, 3.05) is 20.1 Å². The van der Waals surface area contributed by atoms with Gasteiger partial charge in [-0.05, 0) is 26.6 Å². The molecule has 0 amide bonds. The van der Waals surface area contributed by atoms with E-state index < -0.39 is 12.0 Å². The fourth-order valence-corrected chi connectivity index (χ4v) is 0.641. The van der Waals surface area contributed by atoms with E-state index in [0.29, 0.717) is 6.42 Å². The van der Waals surface area contributed by atoms with E-state index in [1.807, 2.05) is 18.9 Å². The van der Waals surface area contributed by atoms with Crippen LogP contribution >= 0.6 is 0 Å². The Morgan fingerprint density at radius 3 is 2.64 bits per heavy atom. The lowest BCUT2D eigenvalue weighted by Gasteiger charge is -2.14. The number of nitrogens with zero attached hydrogens (tertiary/aromatic N) is 1. The van der Waals surface area contributed by atoms with Gasteiger partial charge < -0.3 is 15.7 Å². The number of carboxylic acids is 1. The molecule has 0 bridgehead atoms. The summed E-state index contributed by atoms with van der Waals surface area (Å²) in [6.07, 6.45) is 0.514. The molecular formula is C7H16N2O2. The molecule has 0 aromatic carbocycles. The SMILES string of the molecule is CCN(C)CCC(N)C(=O)O. The first-order chi connectivity index (χ1) is 5.07. The quantitative estimate of drug-likeness (QED) is 0.581. The highest BCUT2D eigenvalue weighted by molar-refractivity contribution is 5.72. The van der Waals surface area contributed by atoms with Crippen molar-refractivity contribution in [1.82, 2.24) is 4.90 Å². The maximum absolute atomic E-state index is 10.3. The van der Waals surface area contributed by atoms with Gasteiger partial charge >= 0.3 is 5.97 Å². The predicted octanol–water partition coefficient (Wildman–Crippen LogP) is -0.260. The zero-order valence-corrected chi connectivity index (χ0v) is 7.08. The van der Waals surface area contributed by atoms with E-state index in [1.54, 1.807) is 0 Å². The van der Waals surface area contributed by atoms with E-state index in [4.69, 9.17) is 10.8 Å². The second-order valence-corrected chi connectivity index (χ2v) is 2.63. The van der Waals surface area contributed by atoms with E-state index in [-0.39, 0.29) is 0 Å². The van der Waals surface area contributed by atoms with E-state index in [2.05, 4.69) is 0 Å².